The predicted molar refractivity (Wildman–Crippen MR) is 185 cm³/mol. The summed E-state index contributed by atoms with van der Waals surface area (Å²) >= 11 is 0. The van der Waals surface area contributed by atoms with E-state index in [1.807, 2.05) is 87.5 Å². The molecule has 3 aromatic carbocycles. The minimum atomic E-state index is -0.710. The van der Waals surface area contributed by atoms with Gasteiger partial charge in [-0.25, -0.2) is 4.79 Å². The van der Waals surface area contributed by atoms with Crippen molar-refractivity contribution in [1.29, 1.82) is 0 Å². The van der Waals surface area contributed by atoms with Crippen molar-refractivity contribution in [1.82, 2.24) is 15.5 Å². The molecule has 0 saturated carbocycles. The number of benzene rings is 3. The van der Waals surface area contributed by atoms with E-state index in [0.717, 1.165) is 47.5 Å². The largest absolute Gasteiger partial charge is 0.457 e. The summed E-state index contributed by atoms with van der Waals surface area (Å²) < 4.78 is 17.4. The van der Waals surface area contributed by atoms with Gasteiger partial charge in [0.25, 0.3) is 0 Å². The number of para-hydroxylation sites is 2. The highest BCUT2D eigenvalue weighted by Gasteiger charge is 2.43. The Morgan fingerprint density at radius 3 is 2.02 bits per heavy atom. The number of methoxy groups -OCH3 is 1. The Labute approximate surface area is 284 Å². The van der Waals surface area contributed by atoms with E-state index in [0.29, 0.717) is 32.5 Å². The number of nitrogens with zero attached hydrogens (tertiary/aromatic N) is 1. The fourth-order valence-corrected chi connectivity index (χ4v) is 6.84. The fourth-order valence-electron chi connectivity index (χ4n) is 6.84. The first-order valence-electron chi connectivity index (χ1n) is 17.0. The summed E-state index contributed by atoms with van der Waals surface area (Å²) in [5, 5.41) is 6.32. The zero-order valence-electron chi connectivity index (χ0n) is 28.6. The van der Waals surface area contributed by atoms with Crippen LogP contribution >= 0.6 is 0 Å². The normalized spacial score (nSPS) is 18.1. The number of fused-ring (bicyclic) bond motifs is 2. The molecule has 2 unspecified atom stereocenters. The molecule has 9 nitrogen and oxygen atoms in total. The third kappa shape index (κ3) is 8.55. The van der Waals surface area contributed by atoms with E-state index in [9.17, 15) is 14.4 Å². The maximum Gasteiger partial charge on any atom is 0.410 e. The van der Waals surface area contributed by atoms with E-state index >= 15 is 0 Å². The lowest BCUT2D eigenvalue weighted by atomic mass is 9.69. The second-order valence-corrected chi connectivity index (χ2v) is 13.9. The van der Waals surface area contributed by atoms with Crippen LogP contribution in [0.15, 0.2) is 78.9 Å². The second-order valence-electron chi connectivity index (χ2n) is 13.9. The number of rotatable bonds is 12. The molecule has 0 bridgehead atoms. The van der Waals surface area contributed by atoms with Crippen molar-refractivity contribution in [3.63, 3.8) is 0 Å². The standard InChI is InChI=1S/C39H49N3O6/c1-38(2,3)48-37(45)42-25-29(35(43)40-22-20-28-14-6-5-7-15-28)24-30(26-42)36(44)41-27-39(21-12-13-23-46-4)31-16-8-10-18-33(31)47-34-19-11-9-17-32(34)39/h5-11,14-19,29-30H,12-13,20-27H2,1-4H3,(H,40,43)(H,41,44). The van der Waals surface area contributed by atoms with Crippen LogP contribution in [0.5, 0.6) is 11.5 Å². The topological polar surface area (TPSA) is 106 Å². The molecule has 1 saturated heterocycles. The zero-order valence-corrected chi connectivity index (χ0v) is 28.6. The third-order valence-corrected chi connectivity index (χ3v) is 9.19. The summed E-state index contributed by atoms with van der Waals surface area (Å²) in [4.78, 5) is 42.4. The van der Waals surface area contributed by atoms with Crippen molar-refractivity contribution in [3.05, 3.63) is 95.6 Å². The summed E-state index contributed by atoms with van der Waals surface area (Å²) in [6.07, 6.45) is 3.04. The minimum absolute atomic E-state index is 0.168. The van der Waals surface area contributed by atoms with Crippen LogP contribution in [-0.4, -0.2) is 68.3 Å². The molecule has 48 heavy (non-hydrogen) atoms. The van der Waals surface area contributed by atoms with Gasteiger partial charge in [-0.05, 0) is 70.6 Å². The number of likely N-dealkylation sites (tertiary alicyclic amines) is 1. The smallest absolute Gasteiger partial charge is 0.410 e. The second kappa shape index (κ2) is 15.7. The van der Waals surface area contributed by atoms with E-state index in [2.05, 4.69) is 22.8 Å². The number of ether oxygens (including phenoxy) is 3. The molecule has 3 aromatic rings. The van der Waals surface area contributed by atoms with Crippen LogP contribution in [0, 0.1) is 11.8 Å². The maximum atomic E-state index is 14.1. The number of amides is 3. The fraction of sp³-hybridized carbons (Fsp3) is 0.462. The van der Waals surface area contributed by atoms with Crippen LogP contribution < -0.4 is 15.4 Å². The molecule has 2 N–H and O–H groups in total. The highest BCUT2D eigenvalue weighted by Crippen LogP contribution is 2.50. The molecule has 2 aliphatic rings. The van der Waals surface area contributed by atoms with Crippen LogP contribution in [0.2, 0.25) is 0 Å². The van der Waals surface area contributed by atoms with Gasteiger partial charge in [0, 0.05) is 56.4 Å². The molecule has 2 atom stereocenters. The summed E-state index contributed by atoms with van der Waals surface area (Å²) in [5.74, 6) is 0.0516. The Kier molecular flexibility index (Phi) is 11.4. The van der Waals surface area contributed by atoms with Crippen LogP contribution in [0.4, 0.5) is 4.79 Å². The van der Waals surface area contributed by atoms with Gasteiger partial charge in [0.1, 0.15) is 17.1 Å². The lowest BCUT2D eigenvalue weighted by Crippen LogP contribution is -2.54. The molecule has 0 radical (unpaired) electrons. The minimum Gasteiger partial charge on any atom is -0.457 e. The first-order valence-corrected chi connectivity index (χ1v) is 17.0. The van der Waals surface area contributed by atoms with Crippen LogP contribution in [0.25, 0.3) is 0 Å². The summed E-state index contributed by atoms with van der Waals surface area (Å²) in [5.41, 5.74) is 1.93. The molecule has 2 heterocycles. The molecular formula is C39H49N3O6. The lowest BCUT2D eigenvalue weighted by molar-refractivity contribution is -0.131. The van der Waals surface area contributed by atoms with Gasteiger partial charge in [0.05, 0.1) is 11.8 Å². The molecule has 5 rings (SSSR count). The van der Waals surface area contributed by atoms with Gasteiger partial charge in [0.2, 0.25) is 11.8 Å². The van der Waals surface area contributed by atoms with E-state index < -0.39 is 28.9 Å². The number of carbonyl (C=O) groups excluding carboxylic acids is 3. The number of unbranched alkanes of at least 4 members (excludes halogenated alkanes) is 1. The summed E-state index contributed by atoms with van der Waals surface area (Å²) in [6.45, 7) is 7.25. The van der Waals surface area contributed by atoms with Crippen molar-refractivity contribution in [2.75, 3.05) is 39.9 Å². The van der Waals surface area contributed by atoms with Gasteiger partial charge in [-0.15, -0.1) is 0 Å². The Hall–Kier alpha value is -4.37. The summed E-state index contributed by atoms with van der Waals surface area (Å²) in [6, 6.07) is 26.0. The monoisotopic (exact) mass is 655 g/mol. The number of hydrogen-bond acceptors (Lipinski definition) is 6. The lowest BCUT2D eigenvalue weighted by Gasteiger charge is -2.41. The van der Waals surface area contributed by atoms with Gasteiger partial charge < -0.3 is 29.7 Å². The zero-order chi connectivity index (χ0) is 34.1. The van der Waals surface area contributed by atoms with Crippen molar-refractivity contribution in [3.8, 4) is 11.5 Å². The van der Waals surface area contributed by atoms with Crippen LogP contribution in [0.3, 0.4) is 0 Å². The molecule has 256 valence electrons. The molecule has 0 aromatic heterocycles. The molecule has 9 heteroatoms. The highest BCUT2D eigenvalue weighted by molar-refractivity contribution is 5.84. The van der Waals surface area contributed by atoms with Gasteiger partial charge in [-0.3, -0.25) is 9.59 Å². The van der Waals surface area contributed by atoms with E-state index in [4.69, 9.17) is 14.2 Å². The van der Waals surface area contributed by atoms with Gasteiger partial charge in [-0.2, -0.15) is 0 Å². The first kappa shape index (κ1) is 35.0. The molecule has 3 amide bonds. The van der Waals surface area contributed by atoms with Crippen LogP contribution in [0.1, 0.15) is 63.1 Å². The Balaban J connectivity index is 1.36. The molecule has 1 fully saturated rings. The SMILES string of the molecule is COCCCCC1(CNC(=O)C2CC(C(=O)NCCc3ccccc3)CN(C(=O)OC(C)(C)C)C2)c2ccccc2Oc2ccccc21. The average Bonchev–Trinajstić information content (AvgIpc) is 3.08. The first-order chi connectivity index (χ1) is 23.1. The Morgan fingerprint density at radius 1 is 0.833 bits per heavy atom. The quantitative estimate of drug-likeness (QED) is 0.224. The molecular weight excluding hydrogens is 606 g/mol. The van der Waals surface area contributed by atoms with Crippen molar-refractivity contribution < 1.29 is 28.6 Å². The predicted octanol–water partition coefficient (Wildman–Crippen LogP) is 6.24. The van der Waals surface area contributed by atoms with Crippen molar-refractivity contribution in [2.24, 2.45) is 11.8 Å². The Morgan fingerprint density at radius 2 is 1.42 bits per heavy atom. The van der Waals surface area contributed by atoms with E-state index in [1.54, 1.807) is 7.11 Å². The van der Waals surface area contributed by atoms with E-state index in [-0.39, 0.29) is 24.9 Å². The summed E-state index contributed by atoms with van der Waals surface area (Å²) in [7, 11) is 1.70. The van der Waals surface area contributed by atoms with Crippen molar-refractivity contribution in [2.45, 2.75) is 63.9 Å². The van der Waals surface area contributed by atoms with E-state index in [1.165, 1.54) is 4.90 Å². The Bertz CT molecular complexity index is 1510. The number of nitrogens with one attached hydrogen (secondary N) is 2. The van der Waals surface area contributed by atoms with Gasteiger partial charge in [-0.1, -0.05) is 66.7 Å². The number of carbonyl (C=O) groups is 3. The highest BCUT2D eigenvalue weighted by atomic mass is 16.6. The maximum absolute atomic E-state index is 14.1. The van der Waals surface area contributed by atoms with Gasteiger partial charge >= 0.3 is 6.09 Å². The number of piperidine rings is 1. The third-order valence-electron chi connectivity index (χ3n) is 9.19. The number of hydrogen-bond donors (Lipinski definition) is 2. The average molecular weight is 656 g/mol. The molecule has 0 aliphatic carbocycles. The molecule has 0 spiro atoms. The molecule has 2 aliphatic heterocycles. The van der Waals surface area contributed by atoms with Crippen LogP contribution in [-0.2, 0) is 30.9 Å². The van der Waals surface area contributed by atoms with Crippen molar-refractivity contribution >= 4 is 17.9 Å². The van der Waals surface area contributed by atoms with Gasteiger partial charge in [0.15, 0.2) is 0 Å².